The smallest absolute Gasteiger partial charge is 0.328 e. The van der Waals surface area contributed by atoms with Crippen molar-refractivity contribution < 1.29 is 34.4 Å². The summed E-state index contributed by atoms with van der Waals surface area (Å²) in [6, 6.07) is 16.9. The van der Waals surface area contributed by atoms with Gasteiger partial charge < -0.3 is 20.1 Å². The summed E-state index contributed by atoms with van der Waals surface area (Å²) in [6.45, 7) is 13.4. The zero-order chi connectivity index (χ0) is 28.8. The topological polar surface area (TPSA) is 124 Å². The van der Waals surface area contributed by atoms with Gasteiger partial charge in [0.2, 0.25) is 0 Å². The molecule has 0 aliphatic rings. The van der Waals surface area contributed by atoms with Crippen molar-refractivity contribution in [1.29, 1.82) is 0 Å². The van der Waals surface area contributed by atoms with Crippen molar-refractivity contribution >= 4 is 17.9 Å². The Balaban J connectivity index is 0.000000781. The van der Waals surface area contributed by atoms with Gasteiger partial charge >= 0.3 is 17.9 Å². The number of esters is 1. The molecule has 208 valence electrons. The van der Waals surface area contributed by atoms with Crippen LogP contribution in [0.1, 0.15) is 70.6 Å². The highest BCUT2D eigenvalue weighted by atomic mass is 16.5. The van der Waals surface area contributed by atoms with E-state index < -0.39 is 11.9 Å². The van der Waals surface area contributed by atoms with Crippen LogP contribution in [0.3, 0.4) is 0 Å². The number of benzene rings is 2. The third-order valence-electron chi connectivity index (χ3n) is 5.89. The van der Waals surface area contributed by atoms with Crippen LogP contribution in [0, 0.1) is 5.92 Å². The van der Waals surface area contributed by atoms with Gasteiger partial charge in [-0.1, -0.05) is 50.2 Å². The van der Waals surface area contributed by atoms with Crippen LogP contribution in [-0.2, 0) is 21.0 Å². The van der Waals surface area contributed by atoms with Gasteiger partial charge in [0.25, 0.3) is 0 Å². The zero-order valence-corrected chi connectivity index (χ0v) is 23.1. The molecule has 3 N–H and O–H groups in total. The Morgan fingerprint density at radius 1 is 0.868 bits per heavy atom. The van der Waals surface area contributed by atoms with Gasteiger partial charge in [0, 0.05) is 35.7 Å². The van der Waals surface area contributed by atoms with E-state index in [4.69, 9.17) is 14.9 Å². The summed E-state index contributed by atoms with van der Waals surface area (Å²) >= 11 is 0. The van der Waals surface area contributed by atoms with Gasteiger partial charge in [0.1, 0.15) is 5.75 Å². The number of carbonyl (C=O) groups is 3. The molecule has 0 heterocycles. The van der Waals surface area contributed by atoms with Gasteiger partial charge in [-0.3, -0.25) is 9.69 Å². The van der Waals surface area contributed by atoms with Gasteiger partial charge in [0.15, 0.2) is 0 Å². The van der Waals surface area contributed by atoms with Crippen LogP contribution in [0.5, 0.6) is 5.75 Å². The highest BCUT2D eigenvalue weighted by Crippen LogP contribution is 2.36. The van der Waals surface area contributed by atoms with E-state index in [-0.39, 0.29) is 24.4 Å². The highest BCUT2D eigenvalue weighted by molar-refractivity contribution is 5.89. The van der Waals surface area contributed by atoms with Crippen molar-refractivity contribution in [2.24, 2.45) is 5.92 Å². The highest BCUT2D eigenvalue weighted by Gasteiger charge is 2.23. The molecule has 2 aromatic rings. The van der Waals surface area contributed by atoms with Crippen molar-refractivity contribution in [2.45, 2.75) is 72.6 Å². The summed E-state index contributed by atoms with van der Waals surface area (Å²) in [7, 11) is 0. The van der Waals surface area contributed by atoms with E-state index in [1.165, 1.54) is 5.56 Å². The Morgan fingerprint density at radius 3 is 1.87 bits per heavy atom. The van der Waals surface area contributed by atoms with Crippen molar-refractivity contribution in [3.63, 3.8) is 0 Å². The molecule has 0 aromatic heterocycles. The Bertz CT molecular complexity index is 1040. The lowest BCUT2D eigenvalue weighted by Gasteiger charge is -2.32. The van der Waals surface area contributed by atoms with Gasteiger partial charge in [-0.2, -0.15) is 0 Å². The molecule has 0 aliphatic heterocycles. The zero-order valence-electron chi connectivity index (χ0n) is 23.1. The monoisotopic (exact) mass is 527 g/mol. The standard InChI is InChI=1S/C26H37NO3.C4H4O4/c1-18(2)26(29)30-25-13-12-21(17-28)16-24(25)23(22-10-8-7-9-11-22)14-15-27(19(3)4)20(5)6;5-3(6)1-2-4(7)8/h7-13,16,18-20,23,28H,14-15,17H2,1-6H3;1-2H,(H,5,6)(H,7,8)/b;2-1+. The molecule has 2 rings (SSSR count). The largest absolute Gasteiger partial charge is 0.478 e. The number of ether oxygens (including phenoxy) is 1. The minimum Gasteiger partial charge on any atom is -0.478 e. The Labute approximate surface area is 225 Å². The number of aliphatic hydroxyl groups excluding tert-OH is 1. The maximum atomic E-state index is 12.3. The molecule has 1 atom stereocenters. The summed E-state index contributed by atoms with van der Waals surface area (Å²) in [4.78, 5) is 33.9. The Hall–Kier alpha value is -3.49. The molecule has 0 amide bonds. The lowest BCUT2D eigenvalue weighted by Crippen LogP contribution is -2.38. The van der Waals surface area contributed by atoms with Crippen molar-refractivity contribution in [3.05, 3.63) is 77.4 Å². The average Bonchev–Trinajstić information content (AvgIpc) is 2.86. The van der Waals surface area contributed by atoms with E-state index in [1.807, 2.05) is 50.2 Å². The van der Waals surface area contributed by atoms with E-state index in [1.54, 1.807) is 0 Å². The third kappa shape index (κ3) is 11.3. The van der Waals surface area contributed by atoms with Crippen LogP contribution in [0.15, 0.2) is 60.7 Å². The summed E-state index contributed by atoms with van der Waals surface area (Å²) < 4.78 is 5.78. The number of carboxylic acid groups (broad SMARTS) is 2. The summed E-state index contributed by atoms with van der Waals surface area (Å²) in [5, 5.41) is 25.3. The molecule has 0 saturated heterocycles. The SMILES string of the molecule is CC(C)C(=O)Oc1ccc(CO)cc1C(CCN(C(C)C)C(C)C)c1ccccc1.O=C(O)/C=C/C(=O)O. The van der Waals surface area contributed by atoms with Crippen LogP contribution in [-0.4, -0.2) is 56.8 Å². The normalized spacial score (nSPS) is 12.1. The van der Waals surface area contributed by atoms with E-state index in [9.17, 15) is 19.5 Å². The molecule has 8 heteroatoms. The second-order valence-corrected chi connectivity index (χ2v) is 9.79. The minimum absolute atomic E-state index is 0.0446. The number of rotatable bonds is 12. The molecule has 0 fully saturated rings. The van der Waals surface area contributed by atoms with Crippen molar-refractivity contribution in [1.82, 2.24) is 4.90 Å². The van der Waals surface area contributed by atoms with Gasteiger partial charge in [-0.05, 0) is 63.9 Å². The van der Waals surface area contributed by atoms with E-state index in [0.29, 0.717) is 30.0 Å². The third-order valence-corrected chi connectivity index (χ3v) is 5.89. The first kappa shape index (κ1) is 32.5. The second kappa shape index (κ2) is 16.4. The van der Waals surface area contributed by atoms with E-state index in [0.717, 1.165) is 24.1 Å². The molecule has 1 unspecified atom stereocenters. The van der Waals surface area contributed by atoms with Crippen LogP contribution >= 0.6 is 0 Å². The van der Waals surface area contributed by atoms with Crippen molar-refractivity contribution in [3.8, 4) is 5.75 Å². The predicted molar refractivity (Wildman–Crippen MR) is 147 cm³/mol. The molecule has 0 bridgehead atoms. The first-order valence-corrected chi connectivity index (χ1v) is 12.8. The second-order valence-electron chi connectivity index (χ2n) is 9.79. The molecular weight excluding hydrogens is 486 g/mol. The first-order chi connectivity index (χ1) is 17.9. The lowest BCUT2D eigenvalue weighted by molar-refractivity contribution is -0.138. The van der Waals surface area contributed by atoms with Gasteiger partial charge in [-0.25, -0.2) is 9.59 Å². The summed E-state index contributed by atoms with van der Waals surface area (Å²) in [5.74, 6) is -2.32. The average molecular weight is 528 g/mol. The molecular formula is C30H41NO7. The number of carboxylic acids is 2. The number of aliphatic hydroxyl groups is 1. The molecule has 0 spiro atoms. The fraction of sp³-hybridized carbons (Fsp3) is 0.433. The molecule has 0 saturated carbocycles. The van der Waals surface area contributed by atoms with Crippen LogP contribution in [0.25, 0.3) is 0 Å². The number of hydrogen-bond donors (Lipinski definition) is 3. The maximum Gasteiger partial charge on any atom is 0.328 e. The van der Waals surface area contributed by atoms with Crippen LogP contribution in [0.2, 0.25) is 0 Å². The van der Waals surface area contributed by atoms with Crippen molar-refractivity contribution in [2.75, 3.05) is 6.54 Å². The predicted octanol–water partition coefficient (Wildman–Crippen LogP) is 5.09. The minimum atomic E-state index is -1.26. The Morgan fingerprint density at radius 2 is 1.42 bits per heavy atom. The quantitative estimate of drug-likeness (QED) is 0.198. The molecule has 8 nitrogen and oxygen atoms in total. The molecule has 0 radical (unpaired) electrons. The number of nitrogens with zero attached hydrogens (tertiary/aromatic N) is 1. The van der Waals surface area contributed by atoms with Crippen LogP contribution in [0.4, 0.5) is 0 Å². The summed E-state index contributed by atoms with van der Waals surface area (Å²) in [5.41, 5.74) is 2.95. The number of hydrogen-bond acceptors (Lipinski definition) is 6. The number of aliphatic carboxylic acids is 2. The van der Waals surface area contributed by atoms with Gasteiger partial charge in [-0.15, -0.1) is 0 Å². The van der Waals surface area contributed by atoms with E-state index in [2.05, 4.69) is 44.7 Å². The van der Waals surface area contributed by atoms with E-state index >= 15 is 0 Å². The fourth-order valence-corrected chi connectivity index (χ4v) is 4.01. The summed E-state index contributed by atoms with van der Waals surface area (Å²) in [6.07, 6.45) is 2.01. The number of carbonyl (C=O) groups excluding carboxylic acids is 1. The maximum absolute atomic E-state index is 12.3. The van der Waals surface area contributed by atoms with Gasteiger partial charge in [0.05, 0.1) is 12.5 Å². The fourth-order valence-electron chi connectivity index (χ4n) is 4.01. The molecule has 38 heavy (non-hydrogen) atoms. The van der Waals surface area contributed by atoms with Crippen LogP contribution < -0.4 is 4.74 Å². The Kier molecular flexibility index (Phi) is 14.0. The lowest BCUT2D eigenvalue weighted by atomic mass is 9.86. The molecule has 0 aliphatic carbocycles. The molecule has 2 aromatic carbocycles. The first-order valence-electron chi connectivity index (χ1n) is 12.8.